The van der Waals surface area contributed by atoms with Gasteiger partial charge in [-0.2, -0.15) is 0 Å². The summed E-state index contributed by atoms with van der Waals surface area (Å²) in [5.41, 5.74) is 2.33. The molecule has 13 heavy (non-hydrogen) atoms. The first-order chi connectivity index (χ1) is 6.13. The number of hydrogen-bond acceptors (Lipinski definition) is 1. The zero-order chi connectivity index (χ0) is 9.47. The van der Waals surface area contributed by atoms with E-state index in [1.165, 1.54) is 11.1 Å². The minimum absolute atomic E-state index is 0.198. The van der Waals surface area contributed by atoms with Crippen molar-refractivity contribution in [2.45, 2.75) is 25.9 Å². The van der Waals surface area contributed by atoms with Gasteiger partial charge in [0.1, 0.15) is 11.4 Å². The molecule has 1 aromatic rings. The third-order valence-corrected chi connectivity index (χ3v) is 2.54. The molecule has 68 valence electrons. The molecule has 2 rings (SSSR count). The van der Waals surface area contributed by atoms with Crippen LogP contribution in [0, 0.1) is 6.92 Å². The van der Waals surface area contributed by atoms with Crippen molar-refractivity contribution in [1.82, 2.24) is 0 Å². The van der Waals surface area contributed by atoms with Crippen molar-refractivity contribution in [1.29, 1.82) is 0 Å². The van der Waals surface area contributed by atoms with Crippen molar-refractivity contribution >= 4 is 0 Å². The van der Waals surface area contributed by atoms with Crippen LogP contribution in [0.4, 0.5) is 0 Å². The predicted octanol–water partition coefficient (Wildman–Crippen LogP) is 2.87. The molecule has 1 aromatic carbocycles. The van der Waals surface area contributed by atoms with Crippen LogP contribution >= 0.6 is 0 Å². The van der Waals surface area contributed by atoms with Crippen LogP contribution in [0.15, 0.2) is 30.9 Å². The van der Waals surface area contributed by atoms with Crippen LogP contribution in [0.2, 0.25) is 0 Å². The van der Waals surface area contributed by atoms with E-state index >= 15 is 0 Å². The summed E-state index contributed by atoms with van der Waals surface area (Å²) in [5, 5.41) is 0. The molecule has 0 saturated carbocycles. The Morgan fingerprint density at radius 1 is 1.54 bits per heavy atom. The molecule has 0 spiro atoms. The number of aryl methyl sites for hydroxylation is 1. The second-order valence-corrected chi connectivity index (χ2v) is 3.91. The summed E-state index contributed by atoms with van der Waals surface area (Å²) in [7, 11) is 0. The summed E-state index contributed by atoms with van der Waals surface area (Å²) in [6, 6.07) is 6.35. The van der Waals surface area contributed by atoms with Crippen molar-refractivity contribution in [3.05, 3.63) is 42.0 Å². The number of ether oxygens (including phenoxy) is 1. The quantitative estimate of drug-likeness (QED) is 0.595. The lowest BCUT2D eigenvalue weighted by Crippen LogP contribution is -2.26. The highest BCUT2D eigenvalue weighted by atomic mass is 16.5. The smallest absolute Gasteiger partial charge is 0.128 e. The summed E-state index contributed by atoms with van der Waals surface area (Å²) >= 11 is 0. The minimum atomic E-state index is -0.198. The summed E-state index contributed by atoms with van der Waals surface area (Å²) in [6.45, 7) is 7.94. The van der Waals surface area contributed by atoms with Crippen molar-refractivity contribution in [3.8, 4) is 5.75 Å². The fourth-order valence-electron chi connectivity index (χ4n) is 1.68. The Morgan fingerprint density at radius 2 is 2.31 bits per heavy atom. The molecule has 0 unspecified atom stereocenters. The van der Waals surface area contributed by atoms with Gasteiger partial charge in [0.15, 0.2) is 0 Å². The third-order valence-electron chi connectivity index (χ3n) is 2.54. The Kier molecular flexibility index (Phi) is 1.69. The van der Waals surface area contributed by atoms with Gasteiger partial charge in [-0.15, -0.1) is 0 Å². The normalized spacial score (nSPS) is 25.1. The summed E-state index contributed by atoms with van der Waals surface area (Å²) in [6.07, 6.45) is 2.81. The molecule has 0 fully saturated rings. The molecule has 0 radical (unpaired) electrons. The van der Waals surface area contributed by atoms with E-state index in [4.69, 9.17) is 4.74 Å². The van der Waals surface area contributed by atoms with Gasteiger partial charge >= 0.3 is 0 Å². The predicted molar refractivity (Wildman–Crippen MR) is 54.1 cm³/mol. The Hall–Kier alpha value is -1.24. The van der Waals surface area contributed by atoms with E-state index in [-0.39, 0.29) is 5.60 Å². The Labute approximate surface area is 79.0 Å². The van der Waals surface area contributed by atoms with Gasteiger partial charge in [0.05, 0.1) is 0 Å². The lowest BCUT2D eigenvalue weighted by atomic mass is 9.99. The van der Waals surface area contributed by atoms with Crippen LogP contribution in [-0.2, 0) is 6.42 Å². The summed E-state index contributed by atoms with van der Waals surface area (Å²) in [5.74, 6) is 1.02. The largest absolute Gasteiger partial charge is 0.483 e. The number of benzene rings is 1. The lowest BCUT2D eigenvalue weighted by molar-refractivity contribution is 0.171. The molecule has 1 heteroatoms. The second-order valence-electron chi connectivity index (χ2n) is 3.91. The van der Waals surface area contributed by atoms with E-state index in [1.807, 2.05) is 6.08 Å². The fraction of sp³-hybridized carbons (Fsp3) is 0.333. The highest BCUT2D eigenvalue weighted by Crippen LogP contribution is 2.35. The first-order valence-electron chi connectivity index (χ1n) is 4.55. The first-order valence-corrected chi connectivity index (χ1v) is 4.55. The van der Waals surface area contributed by atoms with E-state index in [0.29, 0.717) is 0 Å². The Balaban J connectivity index is 2.40. The lowest BCUT2D eigenvalue weighted by Gasteiger charge is -2.18. The van der Waals surface area contributed by atoms with Crippen molar-refractivity contribution in [2.24, 2.45) is 0 Å². The standard InChI is InChI=1S/C12H14O/c1-4-12(3)8-10-6-5-9(2)7-11(10)13-12/h4-7H,1,8H2,2-3H3/t12-/m1/s1. The molecule has 1 heterocycles. The summed E-state index contributed by atoms with van der Waals surface area (Å²) in [4.78, 5) is 0. The monoisotopic (exact) mass is 174 g/mol. The molecule has 0 amide bonds. The van der Waals surface area contributed by atoms with E-state index < -0.39 is 0 Å². The summed E-state index contributed by atoms with van der Waals surface area (Å²) < 4.78 is 5.81. The van der Waals surface area contributed by atoms with Gasteiger partial charge in [-0.05, 0) is 37.1 Å². The van der Waals surface area contributed by atoms with Crippen LogP contribution in [-0.4, -0.2) is 5.60 Å². The molecule has 1 atom stereocenters. The van der Waals surface area contributed by atoms with Crippen molar-refractivity contribution in [2.75, 3.05) is 0 Å². The molecular formula is C12H14O. The van der Waals surface area contributed by atoms with Crippen molar-refractivity contribution < 1.29 is 4.74 Å². The fourth-order valence-corrected chi connectivity index (χ4v) is 1.68. The molecule has 1 aliphatic rings. The van der Waals surface area contributed by atoms with Gasteiger partial charge in [0.25, 0.3) is 0 Å². The number of hydrogen-bond donors (Lipinski definition) is 0. The van der Waals surface area contributed by atoms with Crippen LogP contribution in [0.5, 0.6) is 5.75 Å². The Morgan fingerprint density at radius 3 is 3.00 bits per heavy atom. The van der Waals surface area contributed by atoms with Crippen molar-refractivity contribution in [3.63, 3.8) is 0 Å². The average Bonchev–Trinajstić information content (AvgIpc) is 2.42. The second kappa shape index (κ2) is 2.63. The van der Waals surface area contributed by atoms with Crippen LogP contribution < -0.4 is 4.74 Å². The zero-order valence-corrected chi connectivity index (χ0v) is 8.13. The molecule has 1 aliphatic heterocycles. The van der Waals surface area contributed by atoms with Gasteiger partial charge in [-0.25, -0.2) is 0 Å². The number of rotatable bonds is 1. The maximum Gasteiger partial charge on any atom is 0.128 e. The maximum atomic E-state index is 5.81. The topological polar surface area (TPSA) is 9.23 Å². The first kappa shape index (κ1) is 8.36. The molecule has 1 nitrogen and oxygen atoms in total. The highest BCUT2D eigenvalue weighted by Gasteiger charge is 2.31. The minimum Gasteiger partial charge on any atom is -0.483 e. The van der Waals surface area contributed by atoms with E-state index in [9.17, 15) is 0 Å². The van der Waals surface area contributed by atoms with Crippen LogP contribution in [0.1, 0.15) is 18.1 Å². The van der Waals surface area contributed by atoms with E-state index in [0.717, 1.165) is 12.2 Å². The Bertz CT molecular complexity index is 354. The van der Waals surface area contributed by atoms with Gasteiger partial charge in [-0.1, -0.05) is 18.7 Å². The average molecular weight is 174 g/mol. The zero-order valence-electron chi connectivity index (χ0n) is 8.13. The van der Waals surface area contributed by atoms with E-state index in [2.05, 4.69) is 38.6 Å². The molecule has 0 aliphatic carbocycles. The third kappa shape index (κ3) is 1.35. The highest BCUT2D eigenvalue weighted by molar-refractivity contribution is 5.42. The van der Waals surface area contributed by atoms with Gasteiger partial charge in [-0.3, -0.25) is 0 Å². The maximum absolute atomic E-state index is 5.81. The SMILES string of the molecule is C=C[C@]1(C)Cc2ccc(C)cc2O1. The van der Waals surface area contributed by atoms with Crippen LogP contribution in [0.3, 0.4) is 0 Å². The molecular weight excluding hydrogens is 160 g/mol. The molecule has 0 saturated heterocycles. The number of fused-ring (bicyclic) bond motifs is 1. The molecule has 0 bridgehead atoms. The van der Waals surface area contributed by atoms with E-state index in [1.54, 1.807) is 0 Å². The van der Waals surface area contributed by atoms with Crippen LogP contribution in [0.25, 0.3) is 0 Å². The van der Waals surface area contributed by atoms with Gasteiger partial charge in [0, 0.05) is 6.42 Å². The molecule has 0 aromatic heterocycles. The molecule has 0 N–H and O–H groups in total. The van der Waals surface area contributed by atoms with Gasteiger partial charge < -0.3 is 4.74 Å². The van der Waals surface area contributed by atoms with Gasteiger partial charge in [0.2, 0.25) is 0 Å².